The lowest BCUT2D eigenvalue weighted by Gasteiger charge is -2.27. The van der Waals surface area contributed by atoms with Crippen molar-refractivity contribution in [3.63, 3.8) is 0 Å². The lowest BCUT2D eigenvalue weighted by molar-refractivity contribution is 0.214. The molecule has 108 valence electrons. The van der Waals surface area contributed by atoms with Crippen LogP contribution in [0, 0.1) is 5.41 Å². The zero-order valence-corrected chi connectivity index (χ0v) is 12.7. The topological polar surface area (TPSA) is 61.8 Å². The standard InChI is InChI=1S/C14H31N3O/c1-6-10-17(12(2)3)11-8-7-9-14(4,5)13(15)16-18/h12,18H,6-11H2,1-5H3,(H2,15,16). The monoisotopic (exact) mass is 257 g/mol. The normalized spacial score (nSPS) is 13.6. The molecule has 0 heterocycles. The minimum absolute atomic E-state index is 0.206. The maximum Gasteiger partial charge on any atom is 0.144 e. The van der Waals surface area contributed by atoms with Gasteiger partial charge in [-0.3, -0.25) is 0 Å². The molecule has 0 aromatic rings. The summed E-state index contributed by atoms with van der Waals surface area (Å²) in [4.78, 5) is 2.51. The summed E-state index contributed by atoms with van der Waals surface area (Å²) in [5, 5.41) is 11.8. The highest BCUT2D eigenvalue weighted by molar-refractivity contribution is 5.85. The van der Waals surface area contributed by atoms with Crippen molar-refractivity contribution in [1.29, 1.82) is 0 Å². The highest BCUT2D eigenvalue weighted by Gasteiger charge is 2.22. The first-order valence-corrected chi connectivity index (χ1v) is 7.07. The largest absolute Gasteiger partial charge is 0.409 e. The Morgan fingerprint density at radius 2 is 1.89 bits per heavy atom. The zero-order valence-electron chi connectivity index (χ0n) is 12.7. The van der Waals surface area contributed by atoms with Gasteiger partial charge >= 0.3 is 0 Å². The minimum atomic E-state index is -0.206. The van der Waals surface area contributed by atoms with Gasteiger partial charge in [0.05, 0.1) is 0 Å². The third-order valence-electron chi connectivity index (χ3n) is 3.54. The number of hydrogen-bond acceptors (Lipinski definition) is 3. The smallest absolute Gasteiger partial charge is 0.144 e. The number of nitrogens with zero attached hydrogens (tertiary/aromatic N) is 2. The molecule has 0 aromatic heterocycles. The Balaban J connectivity index is 3.98. The second kappa shape index (κ2) is 8.35. The van der Waals surface area contributed by atoms with Crippen LogP contribution in [0.5, 0.6) is 0 Å². The van der Waals surface area contributed by atoms with Crippen molar-refractivity contribution in [3.8, 4) is 0 Å². The average Bonchev–Trinajstić information content (AvgIpc) is 2.31. The molecule has 4 nitrogen and oxygen atoms in total. The van der Waals surface area contributed by atoms with E-state index >= 15 is 0 Å². The first-order chi connectivity index (χ1) is 8.35. The third kappa shape index (κ3) is 6.24. The Morgan fingerprint density at radius 1 is 1.28 bits per heavy atom. The van der Waals surface area contributed by atoms with E-state index in [1.165, 1.54) is 19.4 Å². The summed E-state index contributed by atoms with van der Waals surface area (Å²) in [5.41, 5.74) is 5.47. The molecule has 18 heavy (non-hydrogen) atoms. The van der Waals surface area contributed by atoms with E-state index in [1.54, 1.807) is 0 Å². The van der Waals surface area contributed by atoms with Crippen molar-refractivity contribution >= 4 is 5.84 Å². The molecule has 0 aliphatic heterocycles. The van der Waals surface area contributed by atoms with Crippen molar-refractivity contribution in [2.75, 3.05) is 13.1 Å². The summed E-state index contributed by atoms with van der Waals surface area (Å²) in [6, 6.07) is 0.613. The molecule has 0 spiro atoms. The molecule has 0 amide bonds. The summed E-state index contributed by atoms with van der Waals surface area (Å²) < 4.78 is 0. The number of unbranched alkanes of at least 4 members (excludes halogenated alkanes) is 1. The van der Waals surface area contributed by atoms with E-state index in [9.17, 15) is 0 Å². The first kappa shape index (κ1) is 17.2. The van der Waals surface area contributed by atoms with Gasteiger partial charge in [-0.15, -0.1) is 0 Å². The van der Waals surface area contributed by atoms with Crippen LogP contribution in [0.1, 0.15) is 60.3 Å². The van der Waals surface area contributed by atoms with Crippen LogP contribution < -0.4 is 5.73 Å². The van der Waals surface area contributed by atoms with Crippen molar-refractivity contribution < 1.29 is 5.21 Å². The highest BCUT2D eigenvalue weighted by Crippen LogP contribution is 2.23. The molecular formula is C14H31N3O. The SMILES string of the molecule is CCCN(CCCCC(C)(C)C(N)=NO)C(C)C. The van der Waals surface area contributed by atoms with Crippen LogP contribution in [0.15, 0.2) is 5.16 Å². The van der Waals surface area contributed by atoms with Gasteiger partial charge in [-0.25, -0.2) is 0 Å². The van der Waals surface area contributed by atoms with Crippen LogP contribution in [-0.4, -0.2) is 35.1 Å². The van der Waals surface area contributed by atoms with Gasteiger partial charge in [-0.2, -0.15) is 0 Å². The summed E-state index contributed by atoms with van der Waals surface area (Å²) in [6.07, 6.45) is 4.44. The van der Waals surface area contributed by atoms with Crippen molar-refractivity contribution in [2.45, 2.75) is 66.3 Å². The number of nitrogens with two attached hydrogens (primary N) is 1. The predicted molar refractivity (Wildman–Crippen MR) is 78.0 cm³/mol. The van der Waals surface area contributed by atoms with Gasteiger partial charge in [-0.05, 0) is 46.2 Å². The Hall–Kier alpha value is -0.770. The maximum atomic E-state index is 8.71. The number of hydrogen-bond donors (Lipinski definition) is 2. The van der Waals surface area contributed by atoms with Crippen molar-refractivity contribution in [1.82, 2.24) is 4.90 Å². The van der Waals surface area contributed by atoms with Gasteiger partial charge in [-0.1, -0.05) is 32.3 Å². The van der Waals surface area contributed by atoms with E-state index in [1.807, 2.05) is 13.8 Å². The zero-order chi connectivity index (χ0) is 14.2. The molecule has 3 N–H and O–H groups in total. The van der Waals surface area contributed by atoms with Crippen LogP contribution in [-0.2, 0) is 0 Å². The lowest BCUT2D eigenvalue weighted by atomic mass is 9.86. The molecule has 4 heteroatoms. The van der Waals surface area contributed by atoms with Gasteiger partial charge in [0.1, 0.15) is 5.84 Å². The van der Waals surface area contributed by atoms with E-state index in [4.69, 9.17) is 10.9 Å². The maximum absolute atomic E-state index is 8.71. The van der Waals surface area contributed by atoms with E-state index in [2.05, 4.69) is 30.8 Å². The van der Waals surface area contributed by atoms with Crippen LogP contribution in [0.2, 0.25) is 0 Å². The molecule has 0 saturated carbocycles. The molecule has 0 radical (unpaired) electrons. The summed E-state index contributed by atoms with van der Waals surface area (Å²) in [6.45, 7) is 13.1. The Bertz CT molecular complexity index is 249. The molecule has 0 bridgehead atoms. The van der Waals surface area contributed by atoms with Gasteiger partial charge in [0.15, 0.2) is 0 Å². The van der Waals surface area contributed by atoms with E-state index in [0.717, 1.165) is 19.4 Å². The van der Waals surface area contributed by atoms with Gasteiger partial charge in [0.2, 0.25) is 0 Å². The van der Waals surface area contributed by atoms with Crippen molar-refractivity contribution in [3.05, 3.63) is 0 Å². The fraction of sp³-hybridized carbons (Fsp3) is 0.929. The van der Waals surface area contributed by atoms with Crippen LogP contribution in [0.4, 0.5) is 0 Å². The Morgan fingerprint density at radius 3 is 2.33 bits per heavy atom. The quantitative estimate of drug-likeness (QED) is 0.219. The molecule has 0 aliphatic carbocycles. The Kier molecular flexibility index (Phi) is 8.00. The van der Waals surface area contributed by atoms with Crippen LogP contribution >= 0.6 is 0 Å². The fourth-order valence-electron chi connectivity index (χ4n) is 2.06. The van der Waals surface area contributed by atoms with Gasteiger partial charge in [0, 0.05) is 11.5 Å². The predicted octanol–water partition coefficient (Wildman–Crippen LogP) is 3.05. The molecule has 0 fully saturated rings. The summed E-state index contributed by atoms with van der Waals surface area (Å²) in [7, 11) is 0. The molecular weight excluding hydrogens is 226 g/mol. The number of amidine groups is 1. The molecule has 0 saturated heterocycles. The number of oxime groups is 1. The lowest BCUT2D eigenvalue weighted by Crippen LogP contribution is -2.34. The van der Waals surface area contributed by atoms with Gasteiger partial charge in [0.25, 0.3) is 0 Å². The minimum Gasteiger partial charge on any atom is -0.409 e. The van der Waals surface area contributed by atoms with E-state index < -0.39 is 0 Å². The van der Waals surface area contributed by atoms with Crippen LogP contribution in [0.3, 0.4) is 0 Å². The first-order valence-electron chi connectivity index (χ1n) is 7.07. The average molecular weight is 257 g/mol. The summed E-state index contributed by atoms with van der Waals surface area (Å²) >= 11 is 0. The van der Waals surface area contributed by atoms with E-state index in [-0.39, 0.29) is 5.41 Å². The van der Waals surface area contributed by atoms with E-state index in [0.29, 0.717) is 11.9 Å². The fourth-order valence-corrected chi connectivity index (χ4v) is 2.06. The molecule has 0 aromatic carbocycles. The van der Waals surface area contributed by atoms with Crippen LogP contribution in [0.25, 0.3) is 0 Å². The Labute approximate surface area is 112 Å². The molecule has 0 aliphatic rings. The third-order valence-corrected chi connectivity index (χ3v) is 3.54. The second-order valence-corrected chi connectivity index (χ2v) is 5.96. The molecule has 0 atom stereocenters. The highest BCUT2D eigenvalue weighted by atomic mass is 16.4. The number of rotatable bonds is 9. The molecule has 0 unspecified atom stereocenters. The van der Waals surface area contributed by atoms with Gasteiger partial charge < -0.3 is 15.8 Å². The summed E-state index contributed by atoms with van der Waals surface area (Å²) in [5.74, 6) is 0.330. The second-order valence-electron chi connectivity index (χ2n) is 5.96. The van der Waals surface area contributed by atoms with Crippen molar-refractivity contribution in [2.24, 2.45) is 16.3 Å². The molecule has 0 rings (SSSR count).